The van der Waals surface area contributed by atoms with Crippen molar-refractivity contribution in [2.75, 3.05) is 26.4 Å². The molecule has 2 heterocycles. The van der Waals surface area contributed by atoms with Gasteiger partial charge in [-0.3, -0.25) is 4.98 Å². The predicted molar refractivity (Wildman–Crippen MR) is 56.5 cm³/mol. The first-order valence-electron chi connectivity index (χ1n) is 5.34. The Labute approximate surface area is 93.8 Å². The molecular formula is C11H15FN2O2. The number of aromatic nitrogens is 1. The topological polar surface area (TPSA) is 43.4 Å². The molecule has 2 rings (SSSR count). The number of nitrogens with zero attached hydrogens (tertiary/aromatic N) is 1. The molecule has 1 N–H and O–H groups in total. The zero-order valence-electron chi connectivity index (χ0n) is 8.99. The van der Waals surface area contributed by atoms with E-state index >= 15 is 0 Å². The van der Waals surface area contributed by atoms with E-state index in [2.05, 4.69) is 10.3 Å². The molecule has 1 aromatic heterocycles. The second-order valence-corrected chi connectivity index (χ2v) is 3.71. The summed E-state index contributed by atoms with van der Waals surface area (Å²) in [5.41, 5.74) is 0.830. The zero-order valence-corrected chi connectivity index (χ0v) is 8.99. The van der Waals surface area contributed by atoms with E-state index in [1.165, 1.54) is 12.3 Å². The van der Waals surface area contributed by atoms with Gasteiger partial charge in [0.1, 0.15) is 5.82 Å². The number of nitrogens with one attached hydrogen (secondary N) is 1. The van der Waals surface area contributed by atoms with E-state index in [1.807, 2.05) is 0 Å². The van der Waals surface area contributed by atoms with Crippen molar-refractivity contribution >= 4 is 0 Å². The number of ether oxygens (including phenoxy) is 2. The van der Waals surface area contributed by atoms with Gasteiger partial charge in [0.15, 0.2) is 0 Å². The summed E-state index contributed by atoms with van der Waals surface area (Å²) in [6.45, 7) is 3.23. The van der Waals surface area contributed by atoms with Crippen molar-refractivity contribution in [2.24, 2.45) is 0 Å². The molecule has 88 valence electrons. The second-order valence-electron chi connectivity index (χ2n) is 3.71. The minimum Gasteiger partial charge on any atom is -0.376 e. The van der Waals surface area contributed by atoms with Crippen LogP contribution in [0.5, 0.6) is 0 Å². The van der Waals surface area contributed by atoms with E-state index in [0.29, 0.717) is 32.9 Å². The van der Waals surface area contributed by atoms with Gasteiger partial charge in [-0.1, -0.05) is 0 Å². The SMILES string of the molecule is Fc1cncc(CNCC2COCCO2)c1. The number of rotatable bonds is 4. The van der Waals surface area contributed by atoms with Gasteiger partial charge in [0.2, 0.25) is 0 Å². The zero-order chi connectivity index (χ0) is 11.2. The summed E-state index contributed by atoms with van der Waals surface area (Å²) in [6, 6.07) is 1.47. The second kappa shape index (κ2) is 5.89. The Bertz CT molecular complexity index is 330. The van der Waals surface area contributed by atoms with Gasteiger partial charge in [-0.25, -0.2) is 4.39 Å². The van der Waals surface area contributed by atoms with Gasteiger partial charge in [0, 0.05) is 19.3 Å². The Balaban J connectivity index is 1.71. The maximum Gasteiger partial charge on any atom is 0.141 e. The van der Waals surface area contributed by atoms with Gasteiger partial charge in [-0.15, -0.1) is 0 Å². The molecule has 0 aliphatic carbocycles. The molecule has 1 fully saturated rings. The Hall–Kier alpha value is -1.04. The molecule has 1 aliphatic heterocycles. The molecule has 1 aliphatic rings. The van der Waals surface area contributed by atoms with Crippen LogP contribution in [0, 0.1) is 5.82 Å². The first-order chi connectivity index (χ1) is 7.84. The van der Waals surface area contributed by atoms with E-state index in [1.54, 1.807) is 6.20 Å². The van der Waals surface area contributed by atoms with Crippen LogP contribution < -0.4 is 5.32 Å². The lowest BCUT2D eigenvalue weighted by Crippen LogP contribution is -2.37. The summed E-state index contributed by atoms with van der Waals surface area (Å²) in [7, 11) is 0. The molecule has 1 aromatic rings. The van der Waals surface area contributed by atoms with Crippen molar-refractivity contribution in [2.45, 2.75) is 12.6 Å². The summed E-state index contributed by atoms with van der Waals surface area (Å²) in [5.74, 6) is -0.309. The molecule has 0 saturated carbocycles. The Morgan fingerprint density at radius 2 is 2.38 bits per heavy atom. The van der Waals surface area contributed by atoms with E-state index in [4.69, 9.17) is 9.47 Å². The highest BCUT2D eigenvalue weighted by Gasteiger charge is 2.13. The molecule has 5 heteroatoms. The van der Waals surface area contributed by atoms with E-state index in [0.717, 1.165) is 5.56 Å². The average Bonchev–Trinajstić information content (AvgIpc) is 2.30. The van der Waals surface area contributed by atoms with E-state index in [9.17, 15) is 4.39 Å². The quantitative estimate of drug-likeness (QED) is 0.821. The number of hydrogen-bond acceptors (Lipinski definition) is 4. The summed E-state index contributed by atoms with van der Waals surface area (Å²) in [6.07, 6.45) is 2.94. The van der Waals surface area contributed by atoms with Crippen LogP contribution in [-0.4, -0.2) is 37.5 Å². The van der Waals surface area contributed by atoms with Gasteiger partial charge in [0.05, 0.1) is 32.1 Å². The van der Waals surface area contributed by atoms with Crippen molar-refractivity contribution < 1.29 is 13.9 Å². The molecule has 1 unspecified atom stereocenters. The lowest BCUT2D eigenvalue weighted by Gasteiger charge is -2.23. The fourth-order valence-corrected chi connectivity index (χ4v) is 1.58. The van der Waals surface area contributed by atoms with Crippen molar-refractivity contribution in [1.82, 2.24) is 10.3 Å². The molecule has 0 aromatic carbocycles. The lowest BCUT2D eigenvalue weighted by molar-refractivity contribution is -0.0864. The van der Waals surface area contributed by atoms with E-state index < -0.39 is 0 Å². The lowest BCUT2D eigenvalue weighted by atomic mass is 10.2. The third-order valence-electron chi connectivity index (χ3n) is 2.35. The molecule has 0 amide bonds. The molecular weight excluding hydrogens is 211 g/mol. The minimum absolute atomic E-state index is 0.0928. The molecule has 16 heavy (non-hydrogen) atoms. The van der Waals surface area contributed by atoms with Gasteiger partial charge < -0.3 is 14.8 Å². The van der Waals surface area contributed by atoms with Crippen LogP contribution in [-0.2, 0) is 16.0 Å². The highest BCUT2D eigenvalue weighted by atomic mass is 19.1. The molecule has 0 radical (unpaired) electrons. The summed E-state index contributed by atoms with van der Waals surface area (Å²) in [4.78, 5) is 3.78. The molecule has 0 spiro atoms. The van der Waals surface area contributed by atoms with Crippen molar-refractivity contribution in [3.63, 3.8) is 0 Å². The molecule has 4 nitrogen and oxygen atoms in total. The van der Waals surface area contributed by atoms with Gasteiger partial charge >= 0.3 is 0 Å². The van der Waals surface area contributed by atoms with Crippen molar-refractivity contribution in [3.8, 4) is 0 Å². The highest BCUT2D eigenvalue weighted by Crippen LogP contribution is 2.02. The molecule has 0 bridgehead atoms. The maximum absolute atomic E-state index is 12.8. The summed E-state index contributed by atoms with van der Waals surface area (Å²) < 4.78 is 23.5. The maximum atomic E-state index is 12.8. The van der Waals surface area contributed by atoms with Crippen molar-refractivity contribution in [3.05, 3.63) is 29.8 Å². The smallest absolute Gasteiger partial charge is 0.141 e. The van der Waals surface area contributed by atoms with Crippen LogP contribution in [0.25, 0.3) is 0 Å². The Kier molecular flexibility index (Phi) is 4.21. The highest BCUT2D eigenvalue weighted by molar-refractivity contribution is 5.09. The fourth-order valence-electron chi connectivity index (χ4n) is 1.58. The van der Waals surface area contributed by atoms with Gasteiger partial charge in [-0.2, -0.15) is 0 Å². The normalized spacial score (nSPS) is 20.9. The largest absolute Gasteiger partial charge is 0.376 e. The fraction of sp³-hybridized carbons (Fsp3) is 0.545. The van der Waals surface area contributed by atoms with Crippen LogP contribution in [0.15, 0.2) is 18.5 Å². The monoisotopic (exact) mass is 226 g/mol. The Morgan fingerprint density at radius 1 is 1.44 bits per heavy atom. The first kappa shape index (κ1) is 11.4. The molecule has 1 atom stereocenters. The Morgan fingerprint density at radius 3 is 3.12 bits per heavy atom. The third kappa shape index (κ3) is 3.52. The number of halogens is 1. The predicted octanol–water partition coefficient (Wildman–Crippen LogP) is 0.726. The van der Waals surface area contributed by atoms with Crippen molar-refractivity contribution in [1.29, 1.82) is 0 Å². The average molecular weight is 226 g/mol. The molecule has 1 saturated heterocycles. The van der Waals surface area contributed by atoms with Gasteiger partial charge in [0.25, 0.3) is 0 Å². The van der Waals surface area contributed by atoms with Crippen LogP contribution in [0.2, 0.25) is 0 Å². The van der Waals surface area contributed by atoms with Crippen LogP contribution in [0.3, 0.4) is 0 Å². The van der Waals surface area contributed by atoms with Crippen LogP contribution in [0.1, 0.15) is 5.56 Å². The first-order valence-corrected chi connectivity index (χ1v) is 5.34. The number of hydrogen-bond donors (Lipinski definition) is 1. The third-order valence-corrected chi connectivity index (χ3v) is 2.35. The summed E-state index contributed by atoms with van der Waals surface area (Å²) in [5, 5.41) is 3.19. The minimum atomic E-state index is -0.309. The van der Waals surface area contributed by atoms with Crippen LogP contribution in [0.4, 0.5) is 4.39 Å². The van der Waals surface area contributed by atoms with Gasteiger partial charge in [-0.05, 0) is 11.6 Å². The summed E-state index contributed by atoms with van der Waals surface area (Å²) >= 11 is 0. The number of pyridine rings is 1. The van der Waals surface area contributed by atoms with E-state index in [-0.39, 0.29) is 11.9 Å². The standard InChI is InChI=1S/C11H15FN2O2/c12-10-3-9(4-13-6-10)5-14-7-11-8-15-1-2-16-11/h3-4,6,11,14H,1-2,5,7-8H2. The van der Waals surface area contributed by atoms with Crippen LogP contribution >= 0.6 is 0 Å².